The fourth-order valence-electron chi connectivity index (χ4n) is 3.24. The number of nitrogens with zero attached hydrogens (tertiary/aromatic N) is 1. The number of anilines is 1. The van der Waals surface area contributed by atoms with Gasteiger partial charge < -0.3 is 10.2 Å². The third-order valence-corrected chi connectivity index (χ3v) is 4.00. The molecule has 21 heavy (non-hydrogen) atoms. The highest BCUT2D eigenvalue weighted by Crippen LogP contribution is 2.36. The maximum atomic E-state index is 13.2. The Kier molecular flexibility index (Phi) is 4.81. The van der Waals surface area contributed by atoms with Crippen LogP contribution in [0.5, 0.6) is 0 Å². The molecule has 1 aliphatic heterocycles. The number of hydrogen-bond acceptors (Lipinski definition) is 2. The minimum atomic E-state index is -4.31. The fourth-order valence-corrected chi connectivity index (χ4v) is 3.24. The Morgan fingerprint density at radius 2 is 1.81 bits per heavy atom. The predicted molar refractivity (Wildman–Crippen MR) is 79.4 cm³/mol. The van der Waals surface area contributed by atoms with Gasteiger partial charge in [0.25, 0.3) is 0 Å². The summed E-state index contributed by atoms with van der Waals surface area (Å²) in [6.07, 6.45) is -3.17. The zero-order chi connectivity index (χ0) is 15.6. The van der Waals surface area contributed by atoms with Gasteiger partial charge in [-0.3, -0.25) is 0 Å². The van der Waals surface area contributed by atoms with Crippen molar-refractivity contribution < 1.29 is 13.2 Å². The first-order valence-electron chi connectivity index (χ1n) is 7.41. The van der Waals surface area contributed by atoms with E-state index in [0.29, 0.717) is 23.1 Å². The van der Waals surface area contributed by atoms with Crippen molar-refractivity contribution >= 4 is 5.69 Å². The molecule has 0 aromatic heterocycles. The predicted octanol–water partition coefficient (Wildman–Crippen LogP) is 3.91. The monoisotopic (exact) mass is 300 g/mol. The lowest BCUT2D eigenvalue weighted by Crippen LogP contribution is -2.38. The minimum absolute atomic E-state index is 0.224. The van der Waals surface area contributed by atoms with Crippen LogP contribution in [0.15, 0.2) is 18.2 Å². The van der Waals surface area contributed by atoms with Crippen molar-refractivity contribution in [1.29, 1.82) is 0 Å². The number of piperidine rings is 1. The summed E-state index contributed by atoms with van der Waals surface area (Å²) >= 11 is 0. The number of rotatable bonds is 3. The minimum Gasteiger partial charge on any atom is -0.371 e. The Morgan fingerprint density at radius 1 is 1.19 bits per heavy atom. The quantitative estimate of drug-likeness (QED) is 0.910. The molecule has 1 N–H and O–H groups in total. The second kappa shape index (κ2) is 6.26. The summed E-state index contributed by atoms with van der Waals surface area (Å²) in [7, 11) is 1.65. The summed E-state index contributed by atoms with van der Waals surface area (Å²) in [5.74, 6) is 1.03. The van der Waals surface area contributed by atoms with Crippen LogP contribution < -0.4 is 10.2 Å². The molecular weight excluding hydrogens is 277 g/mol. The Morgan fingerprint density at radius 3 is 2.33 bits per heavy atom. The SMILES string of the molecule is CNCc1ccc(N2CC(C)CC(C)C2)cc1C(F)(F)F. The van der Waals surface area contributed by atoms with E-state index >= 15 is 0 Å². The van der Waals surface area contributed by atoms with Gasteiger partial charge in [0.2, 0.25) is 0 Å². The summed E-state index contributed by atoms with van der Waals surface area (Å²) in [5, 5.41) is 2.80. The normalized spacial score (nSPS) is 23.4. The van der Waals surface area contributed by atoms with Gasteiger partial charge in [-0.15, -0.1) is 0 Å². The van der Waals surface area contributed by atoms with Crippen LogP contribution >= 0.6 is 0 Å². The van der Waals surface area contributed by atoms with Gasteiger partial charge in [-0.2, -0.15) is 13.2 Å². The maximum Gasteiger partial charge on any atom is 0.416 e. The van der Waals surface area contributed by atoms with E-state index in [-0.39, 0.29) is 6.54 Å². The maximum absolute atomic E-state index is 13.2. The van der Waals surface area contributed by atoms with E-state index in [9.17, 15) is 13.2 Å². The summed E-state index contributed by atoms with van der Waals surface area (Å²) in [6.45, 7) is 6.19. The molecule has 118 valence electrons. The first-order valence-corrected chi connectivity index (χ1v) is 7.41. The molecule has 5 heteroatoms. The van der Waals surface area contributed by atoms with Gasteiger partial charge in [0.1, 0.15) is 0 Å². The smallest absolute Gasteiger partial charge is 0.371 e. The van der Waals surface area contributed by atoms with E-state index in [1.165, 1.54) is 6.07 Å². The number of nitrogens with one attached hydrogen (secondary N) is 1. The van der Waals surface area contributed by atoms with Gasteiger partial charge in [-0.25, -0.2) is 0 Å². The van der Waals surface area contributed by atoms with Gasteiger partial charge >= 0.3 is 6.18 Å². The average molecular weight is 300 g/mol. The molecule has 0 spiro atoms. The summed E-state index contributed by atoms with van der Waals surface area (Å²) in [4.78, 5) is 2.08. The van der Waals surface area contributed by atoms with Crippen molar-refractivity contribution in [3.8, 4) is 0 Å². The number of halogens is 3. The number of benzene rings is 1. The molecule has 0 aliphatic carbocycles. The van der Waals surface area contributed by atoms with Crippen molar-refractivity contribution in [3.63, 3.8) is 0 Å². The van der Waals surface area contributed by atoms with Crippen LogP contribution in [0.25, 0.3) is 0 Å². The molecule has 2 rings (SSSR count). The number of alkyl halides is 3. The zero-order valence-corrected chi connectivity index (χ0v) is 12.8. The van der Waals surface area contributed by atoms with E-state index in [1.807, 2.05) is 6.07 Å². The first-order chi connectivity index (χ1) is 9.81. The van der Waals surface area contributed by atoms with Crippen molar-refractivity contribution in [2.45, 2.75) is 33.0 Å². The second-order valence-corrected chi connectivity index (χ2v) is 6.22. The van der Waals surface area contributed by atoms with Crippen molar-refractivity contribution in [2.75, 3.05) is 25.0 Å². The lowest BCUT2D eigenvalue weighted by molar-refractivity contribution is -0.138. The van der Waals surface area contributed by atoms with Gasteiger partial charge in [-0.1, -0.05) is 19.9 Å². The van der Waals surface area contributed by atoms with Crippen LogP contribution in [0.3, 0.4) is 0 Å². The van der Waals surface area contributed by atoms with Crippen LogP contribution in [0, 0.1) is 11.8 Å². The molecule has 1 fully saturated rings. The highest BCUT2D eigenvalue weighted by Gasteiger charge is 2.34. The zero-order valence-electron chi connectivity index (χ0n) is 12.8. The van der Waals surface area contributed by atoms with Crippen LogP contribution in [0.2, 0.25) is 0 Å². The van der Waals surface area contributed by atoms with Crippen molar-refractivity contribution in [1.82, 2.24) is 5.32 Å². The molecule has 0 radical (unpaired) electrons. The average Bonchev–Trinajstić information content (AvgIpc) is 2.37. The molecule has 1 aromatic carbocycles. The van der Waals surface area contributed by atoms with Crippen LogP contribution in [0.4, 0.5) is 18.9 Å². The molecule has 2 nitrogen and oxygen atoms in total. The number of hydrogen-bond donors (Lipinski definition) is 1. The molecule has 2 unspecified atom stereocenters. The van der Waals surface area contributed by atoms with E-state index in [0.717, 1.165) is 19.5 Å². The fraction of sp³-hybridized carbons (Fsp3) is 0.625. The third-order valence-electron chi connectivity index (χ3n) is 4.00. The Balaban J connectivity index is 2.33. The lowest BCUT2D eigenvalue weighted by Gasteiger charge is -2.37. The molecular formula is C16H23F3N2. The van der Waals surface area contributed by atoms with Crippen molar-refractivity contribution in [3.05, 3.63) is 29.3 Å². The van der Waals surface area contributed by atoms with Gasteiger partial charge in [0, 0.05) is 25.3 Å². The standard InChI is InChI=1S/C16H23F3N2/c1-11-6-12(2)10-21(9-11)14-5-4-13(8-20-3)15(7-14)16(17,18)19/h4-5,7,11-12,20H,6,8-10H2,1-3H3. The molecule has 0 bridgehead atoms. The van der Waals surface area contributed by atoms with Gasteiger partial charge in [0.15, 0.2) is 0 Å². The first kappa shape index (κ1) is 16.1. The largest absolute Gasteiger partial charge is 0.416 e. The van der Waals surface area contributed by atoms with E-state index in [2.05, 4.69) is 24.1 Å². The molecule has 1 heterocycles. The van der Waals surface area contributed by atoms with Gasteiger partial charge in [-0.05, 0) is 43.0 Å². The van der Waals surface area contributed by atoms with E-state index in [4.69, 9.17) is 0 Å². The molecule has 0 saturated carbocycles. The lowest BCUT2D eigenvalue weighted by atomic mass is 9.91. The second-order valence-electron chi connectivity index (χ2n) is 6.22. The summed E-state index contributed by atoms with van der Waals surface area (Å²) in [5.41, 5.74) is 0.452. The van der Waals surface area contributed by atoms with Crippen LogP contribution in [-0.4, -0.2) is 20.1 Å². The Labute approximate surface area is 124 Å². The molecule has 1 saturated heterocycles. The van der Waals surface area contributed by atoms with Crippen LogP contribution in [0.1, 0.15) is 31.4 Å². The highest BCUT2D eigenvalue weighted by molar-refractivity contribution is 5.52. The summed E-state index contributed by atoms with van der Waals surface area (Å²) < 4.78 is 39.7. The topological polar surface area (TPSA) is 15.3 Å². The molecule has 1 aliphatic rings. The van der Waals surface area contributed by atoms with Gasteiger partial charge in [0.05, 0.1) is 5.56 Å². The van der Waals surface area contributed by atoms with E-state index < -0.39 is 11.7 Å². The van der Waals surface area contributed by atoms with Crippen LogP contribution in [-0.2, 0) is 12.7 Å². The highest BCUT2D eigenvalue weighted by atomic mass is 19.4. The van der Waals surface area contributed by atoms with Crippen molar-refractivity contribution in [2.24, 2.45) is 11.8 Å². The molecule has 2 atom stereocenters. The Bertz CT molecular complexity index is 475. The summed E-state index contributed by atoms with van der Waals surface area (Å²) in [6, 6.07) is 4.71. The molecule has 1 aromatic rings. The Hall–Kier alpha value is -1.23. The third kappa shape index (κ3) is 3.90. The van der Waals surface area contributed by atoms with E-state index in [1.54, 1.807) is 13.1 Å². The molecule has 0 amide bonds.